The fraction of sp³-hybridized carbons (Fsp3) is 0. The van der Waals surface area contributed by atoms with Crippen LogP contribution in [0.15, 0.2) is 54.7 Å². The number of para-hydroxylation sites is 2. The molecule has 7 nitrogen and oxygen atoms in total. The molecular weight excluding hydrogens is 294 g/mol. The van der Waals surface area contributed by atoms with E-state index in [9.17, 15) is 4.79 Å². The molecule has 0 aliphatic carbocycles. The summed E-state index contributed by atoms with van der Waals surface area (Å²) in [5, 5.41) is 18.3. The number of benzene rings is 2. The summed E-state index contributed by atoms with van der Waals surface area (Å²) >= 11 is 0. The first-order valence-corrected chi connectivity index (χ1v) is 6.92. The number of aromatic nitrogens is 4. The molecule has 112 valence electrons. The van der Waals surface area contributed by atoms with Crippen molar-refractivity contribution >= 4 is 27.7 Å². The standard InChI is InChI=1S/C16H11N5O2/c22-16(19-23)14-9-21(20-18-14)15-10-5-1-3-7-12(10)17-13-8-4-2-6-11(13)15/h1-9,23H,(H,19,22). The first kappa shape index (κ1) is 13.4. The molecule has 0 atom stereocenters. The SMILES string of the molecule is O=C(NO)c1cn(-c2c3ccccc3nc3ccccc23)nn1. The van der Waals surface area contributed by atoms with Crippen LogP contribution in [0.3, 0.4) is 0 Å². The minimum atomic E-state index is -0.709. The fourth-order valence-electron chi connectivity index (χ4n) is 2.60. The number of carbonyl (C=O) groups is 1. The van der Waals surface area contributed by atoms with Crippen LogP contribution in [-0.2, 0) is 0 Å². The Hall–Kier alpha value is -3.32. The molecule has 7 heteroatoms. The first-order chi connectivity index (χ1) is 11.3. The molecule has 0 aliphatic heterocycles. The van der Waals surface area contributed by atoms with Crippen molar-refractivity contribution in [2.24, 2.45) is 0 Å². The second-order valence-corrected chi connectivity index (χ2v) is 4.98. The zero-order valence-corrected chi connectivity index (χ0v) is 11.8. The van der Waals surface area contributed by atoms with Gasteiger partial charge in [-0.05, 0) is 12.1 Å². The second kappa shape index (κ2) is 5.15. The Morgan fingerprint density at radius 2 is 1.61 bits per heavy atom. The largest absolute Gasteiger partial charge is 0.296 e. The Labute approximate surface area is 130 Å². The molecule has 0 saturated carbocycles. The highest BCUT2D eigenvalue weighted by Gasteiger charge is 2.15. The molecule has 0 spiro atoms. The second-order valence-electron chi connectivity index (χ2n) is 4.98. The van der Waals surface area contributed by atoms with Gasteiger partial charge in [-0.25, -0.2) is 15.1 Å². The molecular formula is C16H11N5O2. The van der Waals surface area contributed by atoms with Gasteiger partial charge in [0.05, 0.1) is 22.9 Å². The molecule has 2 heterocycles. The van der Waals surface area contributed by atoms with Gasteiger partial charge in [0, 0.05) is 10.8 Å². The molecule has 0 fully saturated rings. The van der Waals surface area contributed by atoms with Crippen LogP contribution in [0.4, 0.5) is 0 Å². The van der Waals surface area contributed by atoms with Gasteiger partial charge in [-0.2, -0.15) is 0 Å². The number of fused-ring (bicyclic) bond motifs is 2. The molecule has 0 bridgehead atoms. The molecule has 4 aromatic rings. The van der Waals surface area contributed by atoms with E-state index in [2.05, 4.69) is 15.3 Å². The lowest BCUT2D eigenvalue weighted by atomic mass is 10.1. The maximum absolute atomic E-state index is 11.5. The number of hydroxylamine groups is 1. The maximum Gasteiger partial charge on any atom is 0.296 e. The Balaban J connectivity index is 2.07. The van der Waals surface area contributed by atoms with Crippen LogP contribution < -0.4 is 5.48 Å². The number of carbonyl (C=O) groups excluding carboxylic acids is 1. The van der Waals surface area contributed by atoms with Gasteiger partial charge in [-0.3, -0.25) is 10.0 Å². The Morgan fingerprint density at radius 3 is 2.22 bits per heavy atom. The van der Waals surface area contributed by atoms with Crippen molar-refractivity contribution in [1.82, 2.24) is 25.5 Å². The van der Waals surface area contributed by atoms with Crippen LogP contribution in [0.5, 0.6) is 0 Å². The van der Waals surface area contributed by atoms with E-state index in [4.69, 9.17) is 5.21 Å². The van der Waals surface area contributed by atoms with Crippen LogP contribution in [0.1, 0.15) is 10.5 Å². The third kappa shape index (κ3) is 2.11. The molecule has 23 heavy (non-hydrogen) atoms. The highest BCUT2D eigenvalue weighted by atomic mass is 16.5. The van der Waals surface area contributed by atoms with E-state index in [1.807, 2.05) is 48.5 Å². The topological polar surface area (TPSA) is 92.9 Å². The number of nitrogens with zero attached hydrogens (tertiary/aromatic N) is 4. The van der Waals surface area contributed by atoms with Gasteiger partial charge in [-0.15, -0.1) is 5.10 Å². The lowest BCUT2D eigenvalue weighted by Gasteiger charge is -2.09. The van der Waals surface area contributed by atoms with Crippen molar-refractivity contribution in [3.8, 4) is 5.69 Å². The van der Waals surface area contributed by atoms with E-state index in [1.165, 1.54) is 10.9 Å². The van der Waals surface area contributed by atoms with Crippen molar-refractivity contribution in [3.05, 3.63) is 60.4 Å². The number of amides is 1. The molecule has 2 aromatic heterocycles. The van der Waals surface area contributed by atoms with E-state index < -0.39 is 5.91 Å². The summed E-state index contributed by atoms with van der Waals surface area (Å²) in [4.78, 5) is 16.1. The van der Waals surface area contributed by atoms with Gasteiger partial charge in [0.2, 0.25) is 0 Å². The predicted octanol–water partition coefficient (Wildman–Crippen LogP) is 2.09. The Bertz CT molecular complexity index is 987. The molecule has 2 N–H and O–H groups in total. The van der Waals surface area contributed by atoms with Gasteiger partial charge in [0.25, 0.3) is 5.91 Å². The van der Waals surface area contributed by atoms with Crippen molar-refractivity contribution in [2.75, 3.05) is 0 Å². The van der Waals surface area contributed by atoms with E-state index in [0.29, 0.717) is 0 Å². The van der Waals surface area contributed by atoms with Crippen molar-refractivity contribution in [3.63, 3.8) is 0 Å². The first-order valence-electron chi connectivity index (χ1n) is 6.92. The minimum absolute atomic E-state index is 0.0254. The van der Waals surface area contributed by atoms with Gasteiger partial charge >= 0.3 is 0 Å². The summed E-state index contributed by atoms with van der Waals surface area (Å²) in [5.41, 5.74) is 4.01. The number of nitrogens with one attached hydrogen (secondary N) is 1. The highest BCUT2D eigenvalue weighted by molar-refractivity contribution is 6.03. The molecule has 0 unspecified atom stereocenters. The van der Waals surface area contributed by atoms with Gasteiger partial charge in [0.15, 0.2) is 5.69 Å². The summed E-state index contributed by atoms with van der Waals surface area (Å²) in [6.07, 6.45) is 1.47. The maximum atomic E-state index is 11.5. The summed E-state index contributed by atoms with van der Waals surface area (Å²) in [5.74, 6) is -0.709. The smallest absolute Gasteiger partial charge is 0.288 e. The van der Waals surface area contributed by atoms with Crippen molar-refractivity contribution in [2.45, 2.75) is 0 Å². The summed E-state index contributed by atoms with van der Waals surface area (Å²) in [6.45, 7) is 0. The van der Waals surface area contributed by atoms with Gasteiger partial charge in [0.1, 0.15) is 0 Å². The van der Waals surface area contributed by atoms with Crippen LogP contribution >= 0.6 is 0 Å². The zero-order chi connectivity index (χ0) is 15.8. The molecule has 2 aromatic carbocycles. The Kier molecular flexibility index (Phi) is 2.99. The summed E-state index contributed by atoms with van der Waals surface area (Å²) in [6, 6.07) is 15.4. The van der Waals surface area contributed by atoms with E-state index >= 15 is 0 Å². The Morgan fingerprint density at radius 1 is 1.00 bits per heavy atom. The van der Waals surface area contributed by atoms with Crippen molar-refractivity contribution in [1.29, 1.82) is 0 Å². The number of hydrogen-bond donors (Lipinski definition) is 2. The molecule has 4 rings (SSSR count). The van der Waals surface area contributed by atoms with Crippen LogP contribution in [-0.4, -0.2) is 31.1 Å². The van der Waals surface area contributed by atoms with Crippen LogP contribution in [0.2, 0.25) is 0 Å². The third-order valence-corrected chi connectivity index (χ3v) is 3.62. The fourth-order valence-corrected chi connectivity index (χ4v) is 2.60. The van der Waals surface area contributed by atoms with Crippen LogP contribution in [0, 0.1) is 0 Å². The summed E-state index contributed by atoms with van der Waals surface area (Å²) < 4.78 is 1.52. The highest BCUT2D eigenvalue weighted by Crippen LogP contribution is 2.28. The lowest BCUT2D eigenvalue weighted by Crippen LogP contribution is -2.18. The quantitative estimate of drug-likeness (QED) is 0.336. The predicted molar refractivity (Wildman–Crippen MR) is 83.4 cm³/mol. The van der Waals surface area contributed by atoms with E-state index in [1.54, 1.807) is 5.48 Å². The molecule has 0 saturated heterocycles. The number of rotatable bonds is 2. The molecule has 1 amide bonds. The van der Waals surface area contributed by atoms with Gasteiger partial charge in [-0.1, -0.05) is 41.6 Å². The van der Waals surface area contributed by atoms with E-state index in [-0.39, 0.29) is 5.69 Å². The van der Waals surface area contributed by atoms with Crippen LogP contribution in [0.25, 0.3) is 27.5 Å². The zero-order valence-electron chi connectivity index (χ0n) is 11.8. The monoisotopic (exact) mass is 305 g/mol. The average Bonchev–Trinajstić information content (AvgIpc) is 3.08. The number of pyridine rings is 1. The lowest BCUT2D eigenvalue weighted by molar-refractivity contribution is 0.0700. The van der Waals surface area contributed by atoms with Crippen molar-refractivity contribution < 1.29 is 10.0 Å². The third-order valence-electron chi connectivity index (χ3n) is 3.62. The average molecular weight is 305 g/mol. The van der Waals surface area contributed by atoms with Gasteiger partial charge < -0.3 is 0 Å². The minimum Gasteiger partial charge on any atom is -0.288 e. The molecule has 0 radical (unpaired) electrons. The van der Waals surface area contributed by atoms with E-state index in [0.717, 1.165) is 27.5 Å². The number of hydrogen-bond acceptors (Lipinski definition) is 5. The normalized spacial score (nSPS) is 11.0. The summed E-state index contributed by atoms with van der Waals surface area (Å²) in [7, 11) is 0. The molecule has 0 aliphatic rings.